The number of rotatable bonds is 4. The second-order valence-corrected chi connectivity index (χ2v) is 4.99. The van der Waals surface area contributed by atoms with Gasteiger partial charge in [0.05, 0.1) is 18.8 Å². The molecule has 1 aromatic carbocycles. The zero-order valence-corrected chi connectivity index (χ0v) is 11.0. The number of benzene rings is 1. The largest absolute Gasteiger partial charge is 0.389 e. The summed E-state index contributed by atoms with van der Waals surface area (Å²) in [6, 6.07) is 9.53. The van der Waals surface area contributed by atoms with Crippen LogP contribution in [0.25, 0.3) is 6.08 Å². The maximum atomic E-state index is 9.91. The molecule has 1 fully saturated rings. The Morgan fingerprint density at radius 3 is 2.55 bits per heavy atom. The van der Waals surface area contributed by atoms with Crippen molar-refractivity contribution >= 4 is 6.08 Å². The van der Waals surface area contributed by atoms with E-state index in [1.54, 1.807) is 12.2 Å². The van der Waals surface area contributed by atoms with Crippen molar-refractivity contribution in [1.82, 2.24) is 0 Å². The fraction of sp³-hybridized carbons (Fsp3) is 0.467. The van der Waals surface area contributed by atoms with Gasteiger partial charge in [-0.05, 0) is 5.56 Å². The van der Waals surface area contributed by atoms with Crippen LogP contribution in [-0.4, -0.2) is 57.6 Å². The van der Waals surface area contributed by atoms with Crippen LogP contribution < -0.4 is 0 Å². The SMILES string of the molecule is OC(/C=C/c1ccccc1)C[C@@H]1OC[C@@H](O)[C@H](O)[C@H]1O. The Morgan fingerprint density at radius 1 is 1.15 bits per heavy atom. The van der Waals surface area contributed by atoms with Gasteiger partial charge in [-0.25, -0.2) is 0 Å². The van der Waals surface area contributed by atoms with Gasteiger partial charge < -0.3 is 25.2 Å². The van der Waals surface area contributed by atoms with Gasteiger partial charge in [0, 0.05) is 6.42 Å². The van der Waals surface area contributed by atoms with Crippen molar-refractivity contribution in [3.63, 3.8) is 0 Å². The molecule has 0 radical (unpaired) electrons. The summed E-state index contributed by atoms with van der Waals surface area (Å²) in [6.45, 7) is -0.0436. The van der Waals surface area contributed by atoms with Crippen LogP contribution in [0.2, 0.25) is 0 Å². The molecule has 0 spiro atoms. The van der Waals surface area contributed by atoms with Crippen LogP contribution >= 0.6 is 0 Å². The maximum absolute atomic E-state index is 9.91. The molecule has 0 aliphatic carbocycles. The lowest BCUT2D eigenvalue weighted by atomic mass is 9.96. The number of aliphatic hydroxyl groups is 4. The summed E-state index contributed by atoms with van der Waals surface area (Å²) in [6.07, 6.45) is -1.45. The summed E-state index contributed by atoms with van der Waals surface area (Å²) < 4.78 is 5.24. The maximum Gasteiger partial charge on any atom is 0.111 e. The van der Waals surface area contributed by atoms with Gasteiger partial charge >= 0.3 is 0 Å². The highest BCUT2D eigenvalue weighted by atomic mass is 16.5. The topological polar surface area (TPSA) is 90.2 Å². The van der Waals surface area contributed by atoms with Crippen LogP contribution in [-0.2, 0) is 4.74 Å². The summed E-state index contributed by atoms with van der Waals surface area (Å²) in [5.74, 6) is 0. The molecule has 5 heteroatoms. The number of hydrogen-bond acceptors (Lipinski definition) is 5. The van der Waals surface area contributed by atoms with E-state index in [1.807, 2.05) is 30.3 Å². The van der Waals surface area contributed by atoms with Gasteiger partial charge in [-0.15, -0.1) is 0 Å². The van der Waals surface area contributed by atoms with Gasteiger partial charge in [-0.1, -0.05) is 42.5 Å². The average molecular weight is 280 g/mol. The molecule has 1 aromatic rings. The minimum atomic E-state index is -1.24. The second-order valence-electron chi connectivity index (χ2n) is 4.99. The number of aliphatic hydroxyl groups excluding tert-OH is 4. The molecule has 5 atom stereocenters. The molecule has 0 amide bonds. The molecule has 1 aliphatic heterocycles. The van der Waals surface area contributed by atoms with Gasteiger partial charge in [0.15, 0.2) is 0 Å². The van der Waals surface area contributed by atoms with E-state index in [0.717, 1.165) is 5.56 Å². The first-order valence-corrected chi connectivity index (χ1v) is 6.65. The van der Waals surface area contributed by atoms with E-state index in [1.165, 1.54) is 0 Å². The molecule has 0 saturated carbocycles. The van der Waals surface area contributed by atoms with Crippen molar-refractivity contribution in [3.8, 4) is 0 Å². The van der Waals surface area contributed by atoms with Crippen molar-refractivity contribution in [2.24, 2.45) is 0 Å². The first-order chi connectivity index (χ1) is 9.58. The molecule has 2 rings (SSSR count). The zero-order chi connectivity index (χ0) is 14.5. The molecule has 1 heterocycles. The van der Waals surface area contributed by atoms with Crippen molar-refractivity contribution in [3.05, 3.63) is 42.0 Å². The summed E-state index contributed by atoms with van der Waals surface area (Å²) in [7, 11) is 0. The molecule has 1 saturated heterocycles. The lowest BCUT2D eigenvalue weighted by Gasteiger charge is -2.35. The first-order valence-electron chi connectivity index (χ1n) is 6.65. The fourth-order valence-corrected chi connectivity index (χ4v) is 2.18. The lowest BCUT2D eigenvalue weighted by molar-refractivity contribution is -0.191. The van der Waals surface area contributed by atoms with E-state index < -0.39 is 30.5 Å². The highest BCUT2D eigenvalue weighted by Crippen LogP contribution is 2.20. The quantitative estimate of drug-likeness (QED) is 0.620. The predicted molar refractivity (Wildman–Crippen MR) is 73.9 cm³/mol. The molecule has 0 bridgehead atoms. The molecular weight excluding hydrogens is 260 g/mol. The van der Waals surface area contributed by atoms with E-state index in [0.29, 0.717) is 0 Å². The van der Waals surface area contributed by atoms with Crippen LogP contribution in [0.3, 0.4) is 0 Å². The highest BCUT2D eigenvalue weighted by Gasteiger charge is 2.37. The second kappa shape index (κ2) is 6.97. The third kappa shape index (κ3) is 3.88. The summed E-state index contributed by atoms with van der Waals surface area (Å²) >= 11 is 0. The van der Waals surface area contributed by atoms with Crippen LogP contribution in [0.5, 0.6) is 0 Å². The van der Waals surface area contributed by atoms with Crippen molar-refractivity contribution < 1.29 is 25.2 Å². The Bertz CT molecular complexity index is 433. The van der Waals surface area contributed by atoms with Crippen molar-refractivity contribution in [2.75, 3.05) is 6.61 Å². The highest BCUT2D eigenvalue weighted by molar-refractivity contribution is 5.49. The third-order valence-corrected chi connectivity index (χ3v) is 3.39. The van der Waals surface area contributed by atoms with Gasteiger partial charge in [0.2, 0.25) is 0 Å². The molecular formula is C15H20O5. The van der Waals surface area contributed by atoms with Crippen LogP contribution in [0, 0.1) is 0 Å². The minimum absolute atomic E-state index is 0.0436. The van der Waals surface area contributed by atoms with Gasteiger partial charge in [-0.2, -0.15) is 0 Å². The molecule has 0 aromatic heterocycles. The molecule has 20 heavy (non-hydrogen) atoms. The average Bonchev–Trinajstić information content (AvgIpc) is 2.47. The van der Waals surface area contributed by atoms with E-state index in [4.69, 9.17) is 4.74 Å². The van der Waals surface area contributed by atoms with Gasteiger partial charge in [0.1, 0.15) is 18.3 Å². The molecule has 110 valence electrons. The van der Waals surface area contributed by atoms with Crippen molar-refractivity contribution in [2.45, 2.75) is 36.9 Å². The zero-order valence-electron chi connectivity index (χ0n) is 11.0. The van der Waals surface area contributed by atoms with Crippen LogP contribution in [0.1, 0.15) is 12.0 Å². The summed E-state index contributed by atoms with van der Waals surface area (Å²) in [5.41, 5.74) is 0.965. The Balaban J connectivity index is 1.88. The molecule has 1 unspecified atom stereocenters. The Hall–Kier alpha value is -1.24. The van der Waals surface area contributed by atoms with E-state index in [9.17, 15) is 20.4 Å². The summed E-state index contributed by atoms with van der Waals surface area (Å²) in [5, 5.41) is 38.6. The third-order valence-electron chi connectivity index (χ3n) is 3.39. The minimum Gasteiger partial charge on any atom is -0.389 e. The molecule has 1 aliphatic rings. The van der Waals surface area contributed by atoms with Crippen molar-refractivity contribution in [1.29, 1.82) is 0 Å². The standard InChI is InChI=1S/C15H20O5/c16-11(7-6-10-4-2-1-3-5-10)8-13-15(19)14(18)12(17)9-20-13/h1-7,11-19H,8-9H2/b7-6+/t11?,12-,13+,14+,15+/m1/s1. The fourth-order valence-electron chi connectivity index (χ4n) is 2.18. The Labute approximate surface area is 117 Å². The van der Waals surface area contributed by atoms with Crippen LogP contribution in [0.4, 0.5) is 0 Å². The number of ether oxygens (including phenoxy) is 1. The van der Waals surface area contributed by atoms with E-state index >= 15 is 0 Å². The molecule has 4 N–H and O–H groups in total. The predicted octanol–water partition coefficient (Wildman–Crippen LogP) is -0.0677. The Kier molecular flexibility index (Phi) is 5.28. The van der Waals surface area contributed by atoms with E-state index in [2.05, 4.69) is 0 Å². The van der Waals surface area contributed by atoms with E-state index in [-0.39, 0.29) is 13.0 Å². The number of hydrogen-bond donors (Lipinski definition) is 4. The van der Waals surface area contributed by atoms with Gasteiger partial charge in [-0.3, -0.25) is 0 Å². The Morgan fingerprint density at radius 2 is 1.85 bits per heavy atom. The summed E-state index contributed by atoms with van der Waals surface area (Å²) in [4.78, 5) is 0. The smallest absolute Gasteiger partial charge is 0.111 e. The first kappa shape index (κ1) is 15.2. The normalized spacial score (nSPS) is 32.4. The molecule has 5 nitrogen and oxygen atoms in total. The van der Waals surface area contributed by atoms with Gasteiger partial charge in [0.25, 0.3) is 0 Å². The van der Waals surface area contributed by atoms with Crippen LogP contribution in [0.15, 0.2) is 36.4 Å². The monoisotopic (exact) mass is 280 g/mol. The lowest BCUT2D eigenvalue weighted by Crippen LogP contribution is -2.53.